The third-order valence-electron chi connectivity index (χ3n) is 2.76. The largest absolute Gasteiger partial charge is 0.381 e. The van der Waals surface area contributed by atoms with Crippen molar-refractivity contribution in [1.29, 1.82) is 0 Å². The molecule has 3 heteroatoms. The molecule has 2 fully saturated rings. The first kappa shape index (κ1) is 7.53. The van der Waals surface area contributed by atoms with E-state index in [4.69, 9.17) is 10.5 Å². The summed E-state index contributed by atoms with van der Waals surface area (Å²) >= 11 is 0. The third kappa shape index (κ3) is 1.41. The minimum Gasteiger partial charge on any atom is -0.381 e. The third-order valence-corrected chi connectivity index (χ3v) is 2.76. The Morgan fingerprint density at radius 1 is 1.27 bits per heavy atom. The van der Waals surface area contributed by atoms with E-state index in [2.05, 4.69) is 4.90 Å². The summed E-state index contributed by atoms with van der Waals surface area (Å²) < 4.78 is 5.38. The molecular weight excluding hydrogens is 140 g/mol. The van der Waals surface area contributed by atoms with Crippen LogP contribution in [0.1, 0.15) is 0 Å². The van der Waals surface area contributed by atoms with Crippen LogP contribution in [0.25, 0.3) is 0 Å². The van der Waals surface area contributed by atoms with E-state index in [-0.39, 0.29) is 0 Å². The Morgan fingerprint density at radius 3 is 2.45 bits per heavy atom. The fourth-order valence-electron chi connectivity index (χ4n) is 2.15. The monoisotopic (exact) mass is 156 g/mol. The van der Waals surface area contributed by atoms with E-state index >= 15 is 0 Å². The van der Waals surface area contributed by atoms with E-state index in [1.165, 1.54) is 13.1 Å². The maximum Gasteiger partial charge on any atom is 0.0510 e. The van der Waals surface area contributed by atoms with Gasteiger partial charge in [0.1, 0.15) is 0 Å². The van der Waals surface area contributed by atoms with Gasteiger partial charge >= 0.3 is 0 Å². The van der Waals surface area contributed by atoms with Gasteiger partial charge in [-0.25, -0.2) is 0 Å². The topological polar surface area (TPSA) is 38.5 Å². The van der Waals surface area contributed by atoms with Crippen molar-refractivity contribution in [3.63, 3.8) is 0 Å². The predicted octanol–water partition coefficient (Wildman–Crippen LogP) is -0.477. The van der Waals surface area contributed by atoms with Gasteiger partial charge < -0.3 is 15.4 Å². The Kier molecular flexibility index (Phi) is 2.11. The first-order chi connectivity index (χ1) is 5.40. The van der Waals surface area contributed by atoms with Gasteiger partial charge in [0, 0.05) is 38.0 Å². The number of nitrogens with two attached hydrogens (primary N) is 1. The van der Waals surface area contributed by atoms with Gasteiger partial charge in [-0.2, -0.15) is 0 Å². The van der Waals surface area contributed by atoms with Crippen LogP contribution in [-0.4, -0.2) is 44.3 Å². The molecular formula is C8H16N2O. The molecule has 2 heterocycles. The minimum atomic E-state index is 0.792. The lowest BCUT2D eigenvalue weighted by atomic mass is 10.0. The van der Waals surface area contributed by atoms with E-state index in [0.29, 0.717) is 0 Å². The molecule has 0 amide bonds. The van der Waals surface area contributed by atoms with Crippen molar-refractivity contribution in [3.05, 3.63) is 0 Å². The van der Waals surface area contributed by atoms with Crippen LogP contribution in [-0.2, 0) is 4.74 Å². The zero-order chi connectivity index (χ0) is 7.68. The Bertz CT molecular complexity index is 128. The van der Waals surface area contributed by atoms with Gasteiger partial charge in [-0.1, -0.05) is 0 Å². The molecule has 2 N–H and O–H groups in total. The van der Waals surface area contributed by atoms with Gasteiger partial charge in [0.25, 0.3) is 0 Å². The molecule has 0 spiro atoms. The zero-order valence-corrected chi connectivity index (χ0v) is 6.83. The van der Waals surface area contributed by atoms with Crippen molar-refractivity contribution in [1.82, 2.24) is 4.90 Å². The summed E-state index contributed by atoms with van der Waals surface area (Å²) in [6.45, 7) is 6.23. The number of rotatable bonds is 2. The van der Waals surface area contributed by atoms with Crippen molar-refractivity contribution in [2.75, 3.05) is 39.4 Å². The van der Waals surface area contributed by atoms with Crippen LogP contribution < -0.4 is 5.73 Å². The molecule has 0 aromatic rings. The van der Waals surface area contributed by atoms with Crippen LogP contribution in [0, 0.1) is 11.8 Å². The number of hydrogen-bond donors (Lipinski definition) is 1. The highest BCUT2D eigenvalue weighted by Crippen LogP contribution is 2.28. The second kappa shape index (κ2) is 3.09. The summed E-state index contributed by atoms with van der Waals surface area (Å²) in [5.41, 5.74) is 5.49. The SMILES string of the molecule is NCCN1C[C@H]2COC[C@H]2C1. The summed E-state index contributed by atoms with van der Waals surface area (Å²) in [6.07, 6.45) is 0. The smallest absolute Gasteiger partial charge is 0.0510 e. The lowest BCUT2D eigenvalue weighted by molar-refractivity contribution is 0.155. The quantitative estimate of drug-likeness (QED) is 0.587. The number of fused-ring (bicyclic) bond motifs is 1. The molecule has 64 valence electrons. The summed E-state index contributed by atoms with van der Waals surface area (Å²) in [6, 6.07) is 0. The van der Waals surface area contributed by atoms with E-state index in [9.17, 15) is 0 Å². The molecule has 0 saturated carbocycles. The van der Waals surface area contributed by atoms with Crippen LogP contribution >= 0.6 is 0 Å². The van der Waals surface area contributed by atoms with Crippen LogP contribution in [0.15, 0.2) is 0 Å². The molecule has 2 aliphatic heterocycles. The van der Waals surface area contributed by atoms with Gasteiger partial charge in [-0.15, -0.1) is 0 Å². The zero-order valence-electron chi connectivity index (χ0n) is 6.83. The molecule has 0 bridgehead atoms. The highest BCUT2D eigenvalue weighted by atomic mass is 16.5. The Hall–Kier alpha value is -0.120. The molecule has 0 aromatic heterocycles. The average molecular weight is 156 g/mol. The van der Waals surface area contributed by atoms with Gasteiger partial charge in [0.15, 0.2) is 0 Å². The highest BCUT2D eigenvalue weighted by Gasteiger charge is 2.36. The second-order valence-electron chi connectivity index (χ2n) is 3.61. The summed E-state index contributed by atoms with van der Waals surface area (Å²) in [4.78, 5) is 2.46. The van der Waals surface area contributed by atoms with Crippen LogP contribution in [0.5, 0.6) is 0 Å². The Morgan fingerprint density at radius 2 is 1.91 bits per heavy atom. The van der Waals surface area contributed by atoms with E-state index in [1.54, 1.807) is 0 Å². The molecule has 0 aliphatic carbocycles. The van der Waals surface area contributed by atoms with Gasteiger partial charge in [0.2, 0.25) is 0 Å². The number of ether oxygens (including phenoxy) is 1. The number of likely N-dealkylation sites (tertiary alicyclic amines) is 1. The fourth-order valence-corrected chi connectivity index (χ4v) is 2.15. The molecule has 2 aliphatic rings. The van der Waals surface area contributed by atoms with E-state index < -0.39 is 0 Å². The molecule has 0 aromatic carbocycles. The molecule has 2 rings (SSSR count). The number of hydrogen-bond acceptors (Lipinski definition) is 3. The molecule has 3 nitrogen and oxygen atoms in total. The van der Waals surface area contributed by atoms with Crippen molar-refractivity contribution in [2.45, 2.75) is 0 Å². The van der Waals surface area contributed by atoms with Crippen molar-refractivity contribution < 1.29 is 4.74 Å². The van der Waals surface area contributed by atoms with E-state index in [0.717, 1.165) is 38.1 Å². The Balaban J connectivity index is 1.84. The van der Waals surface area contributed by atoms with Gasteiger partial charge in [-0.3, -0.25) is 0 Å². The second-order valence-corrected chi connectivity index (χ2v) is 3.61. The summed E-state index contributed by atoms with van der Waals surface area (Å²) in [7, 11) is 0. The van der Waals surface area contributed by atoms with E-state index in [1.807, 2.05) is 0 Å². The molecule has 11 heavy (non-hydrogen) atoms. The number of nitrogens with zero attached hydrogens (tertiary/aromatic N) is 1. The molecule has 2 saturated heterocycles. The van der Waals surface area contributed by atoms with Gasteiger partial charge in [-0.05, 0) is 0 Å². The van der Waals surface area contributed by atoms with Crippen LogP contribution in [0.2, 0.25) is 0 Å². The van der Waals surface area contributed by atoms with Crippen LogP contribution in [0.4, 0.5) is 0 Å². The minimum absolute atomic E-state index is 0.792. The standard InChI is InChI=1S/C8H16N2O/c9-1-2-10-3-7-5-11-6-8(7)4-10/h7-8H,1-6,9H2/t7-,8+. The maximum atomic E-state index is 5.49. The molecule has 0 unspecified atom stereocenters. The normalized spacial score (nSPS) is 37.9. The van der Waals surface area contributed by atoms with Crippen molar-refractivity contribution in [3.8, 4) is 0 Å². The lowest BCUT2D eigenvalue weighted by Crippen LogP contribution is -2.28. The summed E-state index contributed by atoms with van der Waals surface area (Å²) in [5, 5.41) is 0. The summed E-state index contributed by atoms with van der Waals surface area (Å²) in [5.74, 6) is 1.61. The average Bonchev–Trinajstić information content (AvgIpc) is 2.46. The fraction of sp³-hybridized carbons (Fsp3) is 1.00. The maximum absolute atomic E-state index is 5.49. The first-order valence-corrected chi connectivity index (χ1v) is 4.40. The predicted molar refractivity (Wildman–Crippen MR) is 43.3 cm³/mol. The first-order valence-electron chi connectivity index (χ1n) is 4.40. The van der Waals surface area contributed by atoms with Crippen molar-refractivity contribution in [2.24, 2.45) is 17.6 Å². The van der Waals surface area contributed by atoms with Crippen molar-refractivity contribution >= 4 is 0 Å². The van der Waals surface area contributed by atoms with Gasteiger partial charge in [0.05, 0.1) is 13.2 Å². The highest BCUT2D eigenvalue weighted by molar-refractivity contribution is 4.87. The molecule has 2 atom stereocenters. The lowest BCUT2D eigenvalue weighted by Gasteiger charge is -2.14. The Labute approximate surface area is 67.5 Å². The van der Waals surface area contributed by atoms with Crippen LogP contribution in [0.3, 0.4) is 0 Å². The molecule has 0 radical (unpaired) electrons.